The van der Waals surface area contributed by atoms with Crippen molar-refractivity contribution in [3.63, 3.8) is 0 Å². The minimum atomic E-state index is -0.822. The van der Waals surface area contributed by atoms with Gasteiger partial charge in [0.2, 0.25) is 0 Å². The molecule has 1 unspecified atom stereocenters. The molecule has 0 aromatic heterocycles. The van der Waals surface area contributed by atoms with E-state index in [2.05, 4.69) is 0 Å². The van der Waals surface area contributed by atoms with Crippen molar-refractivity contribution in [2.75, 3.05) is 0 Å². The number of hydrogen-bond donors (Lipinski definition) is 2. The first-order chi connectivity index (χ1) is 9.75. The lowest BCUT2D eigenvalue weighted by molar-refractivity contribution is 0.217. The van der Waals surface area contributed by atoms with Crippen LogP contribution >= 0.6 is 0 Å². The Morgan fingerprint density at radius 2 is 1.60 bits per heavy atom. The molecule has 1 heterocycles. The molecule has 2 N–H and O–H groups in total. The summed E-state index contributed by atoms with van der Waals surface area (Å²) in [6.45, 7) is 0. The molecule has 0 radical (unpaired) electrons. The molecule has 1 aliphatic rings. The van der Waals surface area contributed by atoms with Gasteiger partial charge in [-0.25, -0.2) is 0 Å². The number of aliphatic hydroxyl groups is 2. The van der Waals surface area contributed by atoms with Crippen LogP contribution in [-0.4, -0.2) is 16.3 Å². The lowest BCUT2D eigenvalue weighted by Crippen LogP contribution is -1.99. The summed E-state index contributed by atoms with van der Waals surface area (Å²) >= 11 is 0. The summed E-state index contributed by atoms with van der Waals surface area (Å²) in [6.07, 6.45) is 0.145. The number of epoxide rings is 1. The molecule has 2 aromatic carbocycles. The van der Waals surface area contributed by atoms with Gasteiger partial charge in [0, 0.05) is 0 Å². The lowest BCUT2D eigenvalue weighted by atomic mass is 10.1. The molecule has 0 amide bonds. The summed E-state index contributed by atoms with van der Waals surface area (Å²) in [6, 6.07) is 19.0. The van der Waals surface area contributed by atoms with Crippen LogP contribution in [0.3, 0.4) is 0 Å². The lowest BCUT2D eigenvalue weighted by Gasteiger charge is -2.06. The van der Waals surface area contributed by atoms with Crippen LogP contribution in [0.1, 0.15) is 23.3 Å². The van der Waals surface area contributed by atoms with Crippen molar-refractivity contribution < 1.29 is 14.9 Å². The van der Waals surface area contributed by atoms with Gasteiger partial charge in [-0.3, -0.25) is 0 Å². The number of rotatable bonds is 4. The number of aliphatic hydroxyl groups excluding tert-OH is 2. The Morgan fingerprint density at radius 1 is 1.00 bits per heavy atom. The molecule has 20 heavy (non-hydrogen) atoms. The van der Waals surface area contributed by atoms with Crippen molar-refractivity contribution in [2.45, 2.75) is 18.3 Å². The molecule has 1 saturated heterocycles. The molecule has 0 aliphatic carbocycles. The molecule has 102 valence electrons. The van der Waals surface area contributed by atoms with E-state index in [1.54, 1.807) is 0 Å². The van der Waals surface area contributed by atoms with Gasteiger partial charge in [0.05, 0.1) is 0 Å². The molecule has 0 spiro atoms. The van der Waals surface area contributed by atoms with E-state index >= 15 is 0 Å². The zero-order valence-corrected chi connectivity index (χ0v) is 10.9. The fourth-order valence-corrected chi connectivity index (χ4v) is 2.24. The van der Waals surface area contributed by atoms with E-state index < -0.39 is 6.10 Å². The van der Waals surface area contributed by atoms with Gasteiger partial charge in [-0.05, 0) is 17.2 Å². The van der Waals surface area contributed by atoms with Gasteiger partial charge in [0.1, 0.15) is 24.1 Å². The van der Waals surface area contributed by atoms with Crippen LogP contribution in [-0.2, 0) is 4.74 Å². The molecular weight excluding hydrogens is 252 g/mol. The summed E-state index contributed by atoms with van der Waals surface area (Å²) in [4.78, 5) is 0. The van der Waals surface area contributed by atoms with Crippen LogP contribution in [0.5, 0.6) is 0 Å². The zero-order chi connectivity index (χ0) is 13.9. The highest BCUT2D eigenvalue weighted by Gasteiger charge is 2.43. The number of benzene rings is 2. The van der Waals surface area contributed by atoms with E-state index in [9.17, 15) is 10.2 Å². The van der Waals surface area contributed by atoms with E-state index in [4.69, 9.17) is 4.74 Å². The van der Waals surface area contributed by atoms with Gasteiger partial charge in [0.15, 0.2) is 0 Å². The van der Waals surface area contributed by atoms with Crippen LogP contribution in [0.4, 0.5) is 0 Å². The van der Waals surface area contributed by atoms with E-state index in [1.807, 2.05) is 60.7 Å². The maximum absolute atomic E-state index is 10.0. The van der Waals surface area contributed by atoms with Crippen molar-refractivity contribution in [2.24, 2.45) is 0 Å². The van der Waals surface area contributed by atoms with Gasteiger partial charge in [-0.2, -0.15) is 0 Å². The van der Waals surface area contributed by atoms with Crippen LogP contribution in [0.2, 0.25) is 0 Å². The SMILES string of the molecule is O/C(=C\C(O)c1ccccc1)[C@@H]1O[C@@H]1c1ccccc1. The first-order valence-electron chi connectivity index (χ1n) is 6.60. The van der Waals surface area contributed by atoms with Crippen LogP contribution in [0.15, 0.2) is 72.5 Å². The third-order valence-corrected chi connectivity index (χ3v) is 3.38. The molecule has 3 heteroatoms. The second-order valence-corrected chi connectivity index (χ2v) is 4.84. The first-order valence-corrected chi connectivity index (χ1v) is 6.60. The van der Waals surface area contributed by atoms with E-state index in [0.29, 0.717) is 0 Å². The minimum Gasteiger partial charge on any atom is -0.510 e. The molecule has 2 aromatic rings. The second-order valence-electron chi connectivity index (χ2n) is 4.84. The van der Waals surface area contributed by atoms with E-state index in [-0.39, 0.29) is 18.0 Å². The molecule has 0 bridgehead atoms. The number of ether oxygens (including phenoxy) is 1. The molecule has 1 aliphatic heterocycles. The highest BCUT2D eigenvalue weighted by molar-refractivity contribution is 5.28. The Hall–Kier alpha value is -2.10. The topological polar surface area (TPSA) is 53.0 Å². The standard InChI is InChI=1S/C17H16O3/c18-14(12-7-3-1-4-8-12)11-15(19)17-16(20-17)13-9-5-2-6-10-13/h1-11,14,16-19H/b15-11-/t14?,16-,17+/m1/s1. The van der Waals surface area contributed by atoms with Crippen LogP contribution in [0, 0.1) is 0 Å². The maximum atomic E-state index is 10.0. The minimum absolute atomic E-state index is 0.0789. The Kier molecular flexibility index (Phi) is 3.54. The Labute approximate surface area is 117 Å². The van der Waals surface area contributed by atoms with Crippen molar-refractivity contribution in [1.29, 1.82) is 0 Å². The van der Waals surface area contributed by atoms with Gasteiger partial charge >= 0.3 is 0 Å². The first kappa shape index (κ1) is 12.9. The molecule has 3 rings (SSSR count). The normalized spacial score (nSPS) is 23.4. The summed E-state index contributed by atoms with van der Waals surface area (Å²) in [5.74, 6) is 0.0789. The summed E-state index contributed by atoms with van der Waals surface area (Å²) in [5.41, 5.74) is 1.78. The largest absolute Gasteiger partial charge is 0.510 e. The van der Waals surface area contributed by atoms with Crippen molar-refractivity contribution in [3.8, 4) is 0 Å². The molecule has 3 atom stereocenters. The van der Waals surface area contributed by atoms with Crippen molar-refractivity contribution >= 4 is 0 Å². The second kappa shape index (κ2) is 5.49. The third-order valence-electron chi connectivity index (χ3n) is 3.38. The smallest absolute Gasteiger partial charge is 0.145 e. The van der Waals surface area contributed by atoms with Crippen LogP contribution in [0.25, 0.3) is 0 Å². The summed E-state index contributed by atoms with van der Waals surface area (Å²) in [7, 11) is 0. The highest BCUT2D eigenvalue weighted by Crippen LogP contribution is 2.42. The Balaban J connectivity index is 1.69. The maximum Gasteiger partial charge on any atom is 0.145 e. The summed E-state index contributed by atoms with van der Waals surface area (Å²) < 4.78 is 5.47. The predicted octanol–water partition coefficient (Wildman–Crippen LogP) is 3.30. The monoisotopic (exact) mass is 268 g/mol. The van der Waals surface area contributed by atoms with Crippen molar-refractivity contribution in [1.82, 2.24) is 0 Å². The average molecular weight is 268 g/mol. The molecule has 0 saturated carbocycles. The van der Waals surface area contributed by atoms with Gasteiger partial charge in [0.25, 0.3) is 0 Å². The fraction of sp³-hybridized carbons (Fsp3) is 0.176. The zero-order valence-electron chi connectivity index (χ0n) is 10.9. The molecule has 3 nitrogen and oxygen atoms in total. The third kappa shape index (κ3) is 2.74. The molecule has 1 fully saturated rings. The Morgan fingerprint density at radius 3 is 2.25 bits per heavy atom. The predicted molar refractivity (Wildman–Crippen MR) is 76.2 cm³/mol. The van der Waals surface area contributed by atoms with Crippen LogP contribution < -0.4 is 0 Å². The van der Waals surface area contributed by atoms with E-state index in [0.717, 1.165) is 11.1 Å². The number of hydrogen-bond acceptors (Lipinski definition) is 3. The quantitative estimate of drug-likeness (QED) is 0.660. The van der Waals surface area contributed by atoms with Gasteiger partial charge in [-0.1, -0.05) is 60.7 Å². The Bertz CT molecular complexity index is 592. The van der Waals surface area contributed by atoms with Gasteiger partial charge in [-0.15, -0.1) is 0 Å². The highest BCUT2D eigenvalue weighted by atomic mass is 16.6. The van der Waals surface area contributed by atoms with E-state index in [1.165, 1.54) is 6.08 Å². The molecular formula is C17H16O3. The van der Waals surface area contributed by atoms with Crippen molar-refractivity contribution in [3.05, 3.63) is 83.6 Å². The average Bonchev–Trinajstić information content (AvgIpc) is 3.29. The van der Waals surface area contributed by atoms with Gasteiger partial charge < -0.3 is 14.9 Å². The summed E-state index contributed by atoms with van der Waals surface area (Å²) in [5, 5.41) is 20.1. The fourth-order valence-electron chi connectivity index (χ4n) is 2.24.